The summed E-state index contributed by atoms with van der Waals surface area (Å²) in [4.78, 5) is 44.6. The van der Waals surface area contributed by atoms with E-state index in [4.69, 9.17) is 11.3 Å². The summed E-state index contributed by atoms with van der Waals surface area (Å²) in [6.45, 7) is 23.0. The van der Waals surface area contributed by atoms with Gasteiger partial charge in [-0.3, -0.25) is 9.59 Å². The lowest BCUT2D eigenvalue weighted by atomic mass is 9.34. The Morgan fingerprint density at radius 1 is 1.00 bits per heavy atom. The van der Waals surface area contributed by atoms with Crippen LogP contribution in [0.4, 0.5) is 0 Å². The normalized spacial score (nSPS) is 45.6. The van der Waals surface area contributed by atoms with E-state index < -0.39 is 16.2 Å². The summed E-state index contributed by atoms with van der Waals surface area (Å²) in [5, 5.41) is 0. The van der Waals surface area contributed by atoms with Gasteiger partial charge in [-0.1, -0.05) is 60.1 Å². The molecule has 37 heavy (non-hydrogen) atoms. The number of nitrogens with zero attached hydrogens (tertiary/aromatic N) is 1. The van der Waals surface area contributed by atoms with Crippen molar-refractivity contribution in [2.24, 2.45) is 50.2 Å². The molecule has 5 nitrogen and oxygen atoms in total. The number of hydrogen-bond acceptors (Lipinski definition) is 4. The fourth-order valence-electron chi connectivity index (χ4n) is 10.2. The van der Waals surface area contributed by atoms with Crippen molar-refractivity contribution in [1.82, 2.24) is 0 Å². The van der Waals surface area contributed by atoms with E-state index in [1.54, 1.807) is 0 Å². The highest BCUT2D eigenvalue weighted by atomic mass is 16.5. The van der Waals surface area contributed by atoms with Crippen molar-refractivity contribution >= 4 is 17.5 Å². The third kappa shape index (κ3) is 3.11. The first-order valence-electron chi connectivity index (χ1n) is 14.0. The minimum atomic E-state index is -0.660. The maximum atomic E-state index is 14.4. The Bertz CT molecular complexity index is 1200. The number of methoxy groups -OCH3 is 1. The van der Waals surface area contributed by atoms with E-state index in [9.17, 15) is 14.4 Å². The summed E-state index contributed by atoms with van der Waals surface area (Å²) >= 11 is 0. The number of esters is 1. The molecule has 0 aromatic carbocycles. The third-order valence-electron chi connectivity index (χ3n) is 12.4. The predicted molar refractivity (Wildman–Crippen MR) is 142 cm³/mol. The molecule has 0 N–H and O–H groups in total. The standard InChI is InChI=1S/C32H43NO4/c1-27(2)12-14-32(26(36)37-9)15-13-31(7)24(19(32)17-27)21(34)16-23-29(5)18-20(33-8)25(35)28(3,4)22(29)10-11-30(23,31)6/h16,18-19,22,24H,10-15,17H2,1-7,9H3/t19-,22?,24-,29-,30+,31+,32-/m0/s1. The van der Waals surface area contributed by atoms with Crippen LogP contribution >= 0.6 is 0 Å². The maximum absolute atomic E-state index is 14.4. The van der Waals surface area contributed by atoms with Gasteiger partial charge < -0.3 is 9.53 Å². The first-order chi connectivity index (χ1) is 17.0. The average molecular weight is 506 g/mol. The molecule has 200 valence electrons. The van der Waals surface area contributed by atoms with Gasteiger partial charge in [-0.15, -0.1) is 0 Å². The molecule has 5 rings (SSSR count). The van der Waals surface area contributed by atoms with Gasteiger partial charge in [0.05, 0.1) is 19.1 Å². The van der Waals surface area contributed by atoms with Crippen LogP contribution in [0, 0.1) is 56.8 Å². The zero-order chi connectivity index (χ0) is 27.4. The highest BCUT2D eigenvalue weighted by Crippen LogP contribution is 2.74. The molecule has 0 bridgehead atoms. The van der Waals surface area contributed by atoms with Gasteiger partial charge in [0.15, 0.2) is 11.6 Å². The first kappa shape index (κ1) is 26.4. The topological polar surface area (TPSA) is 64.8 Å². The molecule has 0 amide bonds. The van der Waals surface area contributed by atoms with Gasteiger partial charge in [0.2, 0.25) is 5.70 Å². The zero-order valence-electron chi connectivity index (χ0n) is 23.9. The molecular weight excluding hydrogens is 462 g/mol. The summed E-state index contributed by atoms with van der Waals surface area (Å²) in [7, 11) is 1.49. The Labute approximate surface area is 222 Å². The lowest BCUT2D eigenvalue weighted by Gasteiger charge is -2.68. The Morgan fingerprint density at radius 3 is 2.27 bits per heavy atom. The number of carbonyl (C=O) groups is 3. The quantitative estimate of drug-likeness (QED) is 0.293. The second-order valence-corrected chi connectivity index (χ2v) is 14.9. The van der Waals surface area contributed by atoms with Gasteiger partial charge in [0.1, 0.15) is 0 Å². The summed E-state index contributed by atoms with van der Waals surface area (Å²) in [6.07, 6.45) is 9.69. The van der Waals surface area contributed by atoms with Crippen LogP contribution in [0.5, 0.6) is 0 Å². The monoisotopic (exact) mass is 505 g/mol. The van der Waals surface area contributed by atoms with Crippen LogP contribution < -0.4 is 0 Å². The van der Waals surface area contributed by atoms with Crippen LogP contribution in [-0.2, 0) is 19.1 Å². The lowest BCUT2D eigenvalue weighted by Crippen LogP contribution is -2.65. The van der Waals surface area contributed by atoms with Crippen LogP contribution in [0.25, 0.3) is 4.85 Å². The largest absolute Gasteiger partial charge is 0.469 e. The van der Waals surface area contributed by atoms with Crippen molar-refractivity contribution in [3.8, 4) is 0 Å². The van der Waals surface area contributed by atoms with E-state index in [1.807, 2.05) is 26.0 Å². The SMILES string of the molecule is [C-]#[N+]C1=C[C@]2(C)C3=CC(=O)[C@@H]4[C@@H]5CC(C)(C)CC[C@]5(C(=O)OC)CC[C@@]4(C)[C@]3(C)CCC2C(C)(C)C1=O. The van der Waals surface area contributed by atoms with Crippen molar-refractivity contribution in [3.05, 3.63) is 34.8 Å². The smallest absolute Gasteiger partial charge is 0.312 e. The van der Waals surface area contributed by atoms with E-state index in [0.29, 0.717) is 0 Å². The highest BCUT2D eigenvalue weighted by Gasteiger charge is 2.71. The van der Waals surface area contributed by atoms with Crippen molar-refractivity contribution in [2.45, 2.75) is 93.4 Å². The van der Waals surface area contributed by atoms with Gasteiger partial charge in [0, 0.05) is 16.7 Å². The van der Waals surface area contributed by atoms with E-state index in [1.165, 1.54) is 7.11 Å². The Balaban J connectivity index is 1.71. The molecule has 1 unspecified atom stereocenters. The molecule has 0 heterocycles. The number of Topliss-reactive ketones (excluding diaryl/α,β-unsaturated/α-hetero) is 1. The second kappa shape index (κ2) is 7.67. The highest BCUT2D eigenvalue weighted by molar-refractivity contribution is 6.03. The van der Waals surface area contributed by atoms with E-state index in [2.05, 4.69) is 39.5 Å². The third-order valence-corrected chi connectivity index (χ3v) is 12.4. The molecule has 3 fully saturated rings. The van der Waals surface area contributed by atoms with Crippen molar-refractivity contribution in [3.63, 3.8) is 0 Å². The fraction of sp³-hybridized carbons (Fsp3) is 0.750. The average Bonchev–Trinajstić information content (AvgIpc) is 2.82. The molecule has 5 aliphatic carbocycles. The summed E-state index contributed by atoms with van der Waals surface area (Å²) in [5.74, 6) is -0.345. The van der Waals surface area contributed by atoms with Crippen LogP contribution in [0.3, 0.4) is 0 Å². The number of ketones is 2. The minimum Gasteiger partial charge on any atom is -0.469 e. The summed E-state index contributed by atoms with van der Waals surface area (Å²) < 4.78 is 5.41. The Kier molecular flexibility index (Phi) is 5.47. The van der Waals surface area contributed by atoms with Crippen molar-refractivity contribution < 1.29 is 19.1 Å². The van der Waals surface area contributed by atoms with Crippen LogP contribution in [-0.4, -0.2) is 24.6 Å². The van der Waals surface area contributed by atoms with E-state index in [-0.39, 0.29) is 57.2 Å². The second-order valence-electron chi connectivity index (χ2n) is 14.9. The number of rotatable bonds is 1. The number of fused-ring (bicyclic) bond motifs is 7. The molecule has 5 aliphatic rings. The number of carbonyl (C=O) groups excluding carboxylic acids is 3. The van der Waals surface area contributed by atoms with Gasteiger partial charge >= 0.3 is 5.97 Å². The first-order valence-corrected chi connectivity index (χ1v) is 14.0. The van der Waals surface area contributed by atoms with Gasteiger partial charge in [-0.2, -0.15) is 0 Å². The summed E-state index contributed by atoms with van der Waals surface area (Å²) in [6, 6.07) is 0. The lowest BCUT2D eigenvalue weighted by molar-refractivity contribution is -0.191. The Morgan fingerprint density at radius 2 is 1.65 bits per heavy atom. The van der Waals surface area contributed by atoms with Gasteiger partial charge in [-0.05, 0) is 79.1 Å². The van der Waals surface area contributed by atoms with E-state index >= 15 is 0 Å². The molecule has 0 radical (unpaired) electrons. The predicted octanol–water partition coefficient (Wildman–Crippen LogP) is 6.73. The van der Waals surface area contributed by atoms with Gasteiger partial charge in [-0.25, -0.2) is 4.85 Å². The molecular formula is C32H43NO4. The molecule has 3 saturated carbocycles. The molecule has 0 aliphatic heterocycles. The molecule has 0 aromatic rings. The Hall–Kier alpha value is -2.22. The number of allylic oxidation sites excluding steroid dienone is 4. The van der Waals surface area contributed by atoms with Crippen LogP contribution in [0.15, 0.2) is 23.4 Å². The van der Waals surface area contributed by atoms with Crippen LogP contribution in [0.2, 0.25) is 0 Å². The van der Waals surface area contributed by atoms with Crippen molar-refractivity contribution in [2.75, 3.05) is 7.11 Å². The van der Waals surface area contributed by atoms with Crippen LogP contribution in [0.1, 0.15) is 93.4 Å². The molecule has 0 spiro atoms. The molecule has 5 heteroatoms. The van der Waals surface area contributed by atoms with Gasteiger partial charge in [0.25, 0.3) is 0 Å². The fourth-order valence-corrected chi connectivity index (χ4v) is 10.2. The minimum absolute atomic E-state index is 0.0386. The van der Waals surface area contributed by atoms with Crippen molar-refractivity contribution in [1.29, 1.82) is 0 Å². The molecule has 0 aromatic heterocycles. The number of ether oxygens (including phenoxy) is 1. The zero-order valence-corrected chi connectivity index (χ0v) is 23.9. The van der Waals surface area contributed by atoms with E-state index in [0.717, 1.165) is 50.5 Å². The molecule has 7 atom stereocenters. The number of hydrogen-bond donors (Lipinski definition) is 0. The maximum Gasteiger partial charge on any atom is 0.312 e. The summed E-state index contributed by atoms with van der Waals surface area (Å²) in [5.41, 5.74) is -0.989. The molecule has 0 saturated heterocycles.